The van der Waals surface area contributed by atoms with Crippen molar-refractivity contribution in [1.82, 2.24) is 5.32 Å². The molecule has 0 saturated heterocycles. The van der Waals surface area contributed by atoms with Crippen molar-refractivity contribution in [2.45, 2.75) is 46.3 Å². The summed E-state index contributed by atoms with van der Waals surface area (Å²) in [5, 5.41) is 13.1. The van der Waals surface area contributed by atoms with Crippen molar-refractivity contribution >= 4 is 0 Å². The molecule has 0 aromatic heterocycles. The molecule has 1 aliphatic heterocycles. The largest absolute Gasteiger partial charge is 0.486 e. The van der Waals surface area contributed by atoms with E-state index in [1.807, 2.05) is 19.1 Å². The third kappa shape index (κ3) is 4.61. The molecule has 0 aliphatic carbocycles. The first kappa shape index (κ1) is 16.1. The Morgan fingerprint density at radius 3 is 2.52 bits per heavy atom. The molecule has 0 saturated carbocycles. The van der Waals surface area contributed by atoms with Gasteiger partial charge < -0.3 is 19.9 Å². The molecule has 0 fully saturated rings. The van der Waals surface area contributed by atoms with E-state index in [0.29, 0.717) is 13.2 Å². The lowest BCUT2D eigenvalue weighted by Crippen LogP contribution is -2.33. The summed E-state index contributed by atoms with van der Waals surface area (Å²) in [5.41, 5.74) is 1.25. The van der Waals surface area contributed by atoms with Crippen LogP contribution in [-0.2, 0) is 0 Å². The molecule has 118 valence electrons. The fourth-order valence-corrected chi connectivity index (χ4v) is 2.75. The molecule has 1 aliphatic rings. The monoisotopic (exact) mass is 293 g/mol. The summed E-state index contributed by atoms with van der Waals surface area (Å²) in [7, 11) is 0. The maximum Gasteiger partial charge on any atom is 0.161 e. The highest BCUT2D eigenvalue weighted by Crippen LogP contribution is 2.33. The minimum Gasteiger partial charge on any atom is -0.486 e. The van der Waals surface area contributed by atoms with Gasteiger partial charge in [0.05, 0.1) is 6.10 Å². The highest BCUT2D eigenvalue weighted by atomic mass is 16.6. The van der Waals surface area contributed by atoms with Crippen LogP contribution in [0.2, 0.25) is 0 Å². The number of rotatable bonds is 6. The summed E-state index contributed by atoms with van der Waals surface area (Å²) >= 11 is 0. The van der Waals surface area contributed by atoms with Crippen molar-refractivity contribution in [3.8, 4) is 11.5 Å². The van der Waals surface area contributed by atoms with Crippen LogP contribution in [0.15, 0.2) is 18.2 Å². The van der Waals surface area contributed by atoms with Crippen molar-refractivity contribution in [2.24, 2.45) is 5.41 Å². The molecule has 2 N–H and O–H groups in total. The molecule has 2 atom stereocenters. The topological polar surface area (TPSA) is 50.7 Å². The van der Waals surface area contributed by atoms with E-state index in [2.05, 4.69) is 32.2 Å². The van der Waals surface area contributed by atoms with Crippen LogP contribution in [0.1, 0.15) is 45.7 Å². The lowest BCUT2D eigenvalue weighted by Gasteiger charge is -2.29. The predicted molar refractivity (Wildman–Crippen MR) is 83.9 cm³/mol. The summed E-state index contributed by atoms with van der Waals surface area (Å²) < 4.78 is 11.2. The normalized spacial score (nSPS) is 17.4. The average Bonchev–Trinajstić information content (AvgIpc) is 2.43. The van der Waals surface area contributed by atoms with Crippen LogP contribution in [0.25, 0.3) is 0 Å². The number of nitrogens with one attached hydrogen (secondary N) is 1. The SMILES string of the molecule is C[C@@H](O)CC(C)(C)CN[C@H](C)c1ccc2c(c1)OCCO2. The van der Waals surface area contributed by atoms with Gasteiger partial charge in [-0.3, -0.25) is 0 Å². The zero-order valence-electron chi connectivity index (χ0n) is 13.5. The van der Waals surface area contributed by atoms with Crippen molar-refractivity contribution in [2.75, 3.05) is 19.8 Å². The van der Waals surface area contributed by atoms with E-state index in [4.69, 9.17) is 9.47 Å². The fraction of sp³-hybridized carbons (Fsp3) is 0.647. The van der Waals surface area contributed by atoms with Crippen LogP contribution in [0.5, 0.6) is 11.5 Å². The third-order valence-corrected chi connectivity index (χ3v) is 3.80. The van der Waals surface area contributed by atoms with Crippen molar-refractivity contribution in [3.63, 3.8) is 0 Å². The quantitative estimate of drug-likeness (QED) is 0.847. The molecular formula is C17H27NO3. The number of aliphatic hydroxyl groups excluding tert-OH is 1. The van der Waals surface area contributed by atoms with Gasteiger partial charge in [-0.1, -0.05) is 19.9 Å². The second kappa shape index (κ2) is 6.67. The van der Waals surface area contributed by atoms with Gasteiger partial charge in [-0.25, -0.2) is 0 Å². The van der Waals surface area contributed by atoms with Gasteiger partial charge in [0.1, 0.15) is 13.2 Å². The van der Waals surface area contributed by atoms with Crippen LogP contribution < -0.4 is 14.8 Å². The van der Waals surface area contributed by atoms with E-state index in [1.165, 1.54) is 5.56 Å². The zero-order valence-corrected chi connectivity index (χ0v) is 13.5. The number of benzene rings is 1. The molecule has 1 aromatic rings. The van der Waals surface area contributed by atoms with Crippen molar-refractivity contribution < 1.29 is 14.6 Å². The summed E-state index contributed by atoms with van der Waals surface area (Å²) in [6, 6.07) is 6.33. The number of hydrogen-bond acceptors (Lipinski definition) is 4. The number of hydrogen-bond donors (Lipinski definition) is 2. The molecule has 2 rings (SSSR count). The average molecular weight is 293 g/mol. The smallest absolute Gasteiger partial charge is 0.161 e. The molecule has 4 nitrogen and oxygen atoms in total. The van der Waals surface area contributed by atoms with E-state index >= 15 is 0 Å². The van der Waals surface area contributed by atoms with Crippen LogP contribution in [0, 0.1) is 5.41 Å². The second-order valence-corrected chi connectivity index (χ2v) is 6.72. The second-order valence-electron chi connectivity index (χ2n) is 6.72. The molecular weight excluding hydrogens is 266 g/mol. The Bertz CT molecular complexity index is 471. The van der Waals surface area contributed by atoms with Gasteiger partial charge in [-0.05, 0) is 43.4 Å². The minimum absolute atomic E-state index is 0.0657. The van der Waals surface area contributed by atoms with Crippen LogP contribution in [0.3, 0.4) is 0 Å². The Hall–Kier alpha value is -1.26. The van der Waals surface area contributed by atoms with Crippen LogP contribution in [0.4, 0.5) is 0 Å². The lowest BCUT2D eigenvalue weighted by atomic mass is 9.86. The van der Waals surface area contributed by atoms with Gasteiger partial charge in [0.25, 0.3) is 0 Å². The lowest BCUT2D eigenvalue weighted by molar-refractivity contribution is 0.127. The highest BCUT2D eigenvalue weighted by molar-refractivity contribution is 5.44. The molecule has 1 aromatic carbocycles. The van der Waals surface area contributed by atoms with Crippen molar-refractivity contribution in [1.29, 1.82) is 0 Å². The summed E-state index contributed by atoms with van der Waals surface area (Å²) in [6.07, 6.45) is 0.514. The van der Waals surface area contributed by atoms with Gasteiger partial charge in [0.2, 0.25) is 0 Å². The highest BCUT2D eigenvalue weighted by Gasteiger charge is 2.21. The Balaban J connectivity index is 1.95. The molecule has 0 bridgehead atoms. The fourth-order valence-electron chi connectivity index (χ4n) is 2.75. The first-order valence-corrected chi connectivity index (χ1v) is 7.68. The Morgan fingerprint density at radius 1 is 1.19 bits per heavy atom. The first-order valence-electron chi connectivity index (χ1n) is 7.68. The predicted octanol–water partition coefficient (Wildman–Crippen LogP) is 2.91. The van der Waals surface area contributed by atoms with Crippen molar-refractivity contribution in [3.05, 3.63) is 23.8 Å². The van der Waals surface area contributed by atoms with Gasteiger partial charge in [-0.2, -0.15) is 0 Å². The molecule has 1 heterocycles. The van der Waals surface area contributed by atoms with Crippen LogP contribution >= 0.6 is 0 Å². The van der Waals surface area contributed by atoms with Gasteiger partial charge in [-0.15, -0.1) is 0 Å². The summed E-state index contributed by atoms with van der Waals surface area (Å²) in [4.78, 5) is 0. The van der Waals surface area contributed by atoms with E-state index < -0.39 is 0 Å². The van der Waals surface area contributed by atoms with E-state index in [1.54, 1.807) is 0 Å². The molecule has 0 amide bonds. The van der Waals surface area contributed by atoms with Gasteiger partial charge >= 0.3 is 0 Å². The molecule has 4 heteroatoms. The number of fused-ring (bicyclic) bond motifs is 1. The van der Waals surface area contributed by atoms with Gasteiger partial charge in [0.15, 0.2) is 11.5 Å². The minimum atomic E-state index is -0.272. The molecule has 0 unspecified atom stereocenters. The molecule has 0 spiro atoms. The zero-order chi connectivity index (χ0) is 15.5. The Morgan fingerprint density at radius 2 is 1.86 bits per heavy atom. The summed E-state index contributed by atoms with van der Waals surface area (Å²) in [5.74, 6) is 1.65. The maximum atomic E-state index is 9.54. The number of aliphatic hydroxyl groups is 1. The Labute approximate surface area is 127 Å². The van der Waals surface area contributed by atoms with E-state index in [0.717, 1.165) is 24.5 Å². The molecule has 0 radical (unpaired) electrons. The third-order valence-electron chi connectivity index (χ3n) is 3.80. The Kier molecular flexibility index (Phi) is 5.12. The summed E-state index contributed by atoms with van der Waals surface area (Å²) in [6.45, 7) is 10.4. The van der Waals surface area contributed by atoms with E-state index in [-0.39, 0.29) is 17.6 Å². The number of ether oxygens (including phenoxy) is 2. The van der Waals surface area contributed by atoms with Crippen LogP contribution in [-0.4, -0.2) is 31.0 Å². The maximum absolute atomic E-state index is 9.54. The standard InChI is InChI=1S/C17H27NO3/c1-12(19)10-17(3,4)11-18-13(2)14-5-6-15-16(9-14)21-8-7-20-15/h5-6,9,12-13,18-19H,7-8,10-11H2,1-4H3/t12-,13-/m1/s1. The molecule has 21 heavy (non-hydrogen) atoms. The first-order chi connectivity index (χ1) is 9.87. The van der Waals surface area contributed by atoms with Gasteiger partial charge in [0, 0.05) is 12.6 Å². The van der Waals surface area contributed by atoms with E-state index in [9.17, 15) is 5.11 Å².